The van der Waals surface area contributed by atoms with Gasteiger partial charge >= 0.3 is 5.97 Å². The van der Waals surface area contributed by atoms with Crippen molar-refractivity contribution in [3.05, 3.63) is 21.9 Å². The van der Waals surface area contributed by atoms with Crippen LogP contribution < -0.4 is 5.32 Å². The van der Waals surface area contributed by atoms with Crippen molar-refractivity contribution in [1.82, 2.24) is 5.32 Å². The Kier molecular flexibility index (Phi) is 4.10. The third-order valence-corrected chi connectivity index (χ3v) is 3.29. The zero-order valence-corrected chi connectivity index (χ0v) is 9.23. The fourth-order valence-corrected chi connectivity index (χ4v) is 2.28. The molecule has 1 atom stereocenters. The number of nitrogens with one attached hydrogen (secondary N) is 1. The van der Waals surface area contributed by atoms with Crippen LogP contribution in [0.4, 0.5) is 0 Å². The van der Waals surface area contributed by atoms with Gasteiger partial charge in [0.1, 0.15) is 0 Å². The van der Waals surface area contributed by atoms with Gasteiger partial charge in [0.05, 0.1) is 6.42 Å². The van der Waals surface area contributed by atoms with Gasteiger partial charge in [0.25, 0.3) is 0 Å². The van der Waals surface area contributed by atoms with Crippen molar-refractivity contribution in [2.45, 2.75) is 26.3 Å². The molecule has 0 aromatic carbocycles. The molecule has 78 valence electrons. The molecule has 3 nitrogen and oxygen atoms in total. The molecular formula is C10H15NO2S. The fourth-order valence-electron chi connectivity index (χ4n) is 1.32. The predicted octanol–water partition coefficient (Wildman–Crippen LogP) is 2.18. The van der Waals surface area contributed by atoms with Crippen molar-refractivity contribution < 1.29 is 9.90 Å². The minimum Gasteiger partial charge on any atom is -0.481 e. The lowest BCUT2D eigenvalue weighted by molar-refractivity contribution is -0.136. The second-order valence-electron chi connectivity index (χ2n) is 3.29. The lowest BCUT2D eigenvalue weighted by atomic mass is 10.2. The Balaban J connectivity index is 2.39. The topological polar surface area (TPSA) is 49.3 Å². The Bertz CT molecular complexity index is 309. The number of carbonyl (C=O) groups is 1. The van der Waals surface area contributed by atoms with Gasteiger partial charge in [-0.3, -0.25) is 4.79 Å². The maximum atomic E-state index is 10.3. The van der Waals surface area contributed by atoms with Crippen LogP contribution in [-0.4, -0.2) is 17.6 Å². The second kappa shape index (κ2) is 5.12. The number of aryl methyl sites for hydroxylation is 1. The maximum Gasteiger partial charge on any atom is 0.304 e. The summed E-state index contributed by atoms with van der Waals surface area (Å²) in [6.45, 7) is 4.65. The van der Waals surface area contributed by atoms with Gasteiger partial charge in [-0.15, -0.1) is 11.3 Å². The number of aliphatic carboxylic acids is 1. The molecule has 0 bridgehead atoms. The molecule has 2 N–H and O–H groups in total. The van der Waals surface area contributed by atoms with Gasteiger partial charge in [0.2, 0.25) is 0 Å². The highest BCUT2D eigenvalue weighted by Gasteiger charge is 2.09. The Labute approximate surface area is 87.8 Å². The molecule has 4 heteroatoms. The van der Waals surface area contributed by atoms with E-state index < -0.39 is 5.97 Å². The fraction of sp³-hybridized carbons (Fsp3) is 0.500. The summed E-state index contributed by atoms with van der Waals surface area (Å²) < 4.78 is 0. The summed E-state index contributed by atoms with van der Waals surface area (Å²) in [6, 6.07) is 2.32. The highest BCUT2D eigenvalue weighted by atomic mass is 32.1. The molecule has 0 amide bonds. The Hall–Kier alpha value is -0.870. The number of hydrogen-bond acceptors (Lipinski definition) is 3. The second-order valence-corrected chi connectivity index (χ2v) is 4.24. The van der Waals surface area contributed by atoms with E-state index in [1.54, 1.807) is 11.3 Å². The third kappa shape index (κ3) is 3.12. The summed E-state index contributed by atoms with van der Waals surface area (Å²) in [6.07, 6.45) is 0.175. The first-order chi connectivity index (χ1) is 6.61. The molecule has 0 aliphatic carbocycles. The van der Waals surface area contributed by atoms with Crippen LogP contribution in [0, 0.1) is 6.92 Å². The largest absolute Gasteiger partial charge is 0.481 e. The molecule has 14 heavy (non-hydrogen) atoms. The standard InChI is InChI=1S/C10H15NO2S/c1-7-4-6-14-10(7)8(2)11-5-3-9(12)13/h4,6,8,11H,3,5H2,1-2H3,(H,12,13). The van der Waals surface area contributed by atoms with Crippen molar-refractivity contribution in [2.75, 3.05) is 6.54 Å². The van der Waals surface area contributed by atoms with Crippen LogP contribution in [0.5, 0.6) is 0 Å². The molecule has 0 fully saturated rings. The molecule has 0 saturated carbocycles. The van der Waals surface area contributed by atoms with Gasteiger partial charge in [0.15, 0.2) is 0 Å². The summed E-state index contributed by atoms with van der Waals surface area (Å²) in [5.41, 5.74) is 1.27. The normalized spacial score (nSPS) is 12.7. The third-order valence-electron chi connectivity index (χ3n) is 2.08. The first-order valence-electron chi connectivity index (χ1n) is 4.60. The van der Waals surface area contributed by atoms with Gasteiger partial charge in [0, 0.05) is 17.5 Å². The van der Waals surface area contributed by atoms with E-state index in [2.05, 4.69) is 30.6 Å². The molecule has 1 aromatic heterocycles. The van der Waals surface area contributed by atoms with Gasteiger partial charge in [-0.25, -0.2) is 0 Å². The molecular weight excluding hydrogens is 198 g/mol. The average molecular weight is 213 g/mol. The van der Waals surface area contributed by atoms with Crippen LogP contribution in [0.25, 0.3) is 0 Å². The number of hydrogen-bond donors (Lipinski definition) is 2. The first kappa shape index (κ1) is 11.2. The van der Waals surface area contributed by atoms with Crippen LogP contribution in [0.1, 0.15) is 29.8 Å². The molecule has 0 radical (unpaired) electrons. The monoisotopic (exact) mass is 213 g/mol. The highest BCUT2D eigenvalue weighted by molar-refractivity contribution is 7.10. The zero-order chi connectivity index (χ0) is 10.6. The van der Waals surface area contributed by atoms with Crippen molar-refractivity contribution in [1.29, 1.82) is 0 Å². The number of rotatable bonds is 5. The molecule has 0 spiro atoms. The molecule has 1 rings (SSSR count). The molecule has 0 saturated heterocycles. The summed E-state index contributed by atoms with van der Waals surface area (Å²) in [7, 11) is 0. The van der Waals surface area contributed by atoms with Crippen LogP contribution in [0.3, 0.4) is 0 Å². The SMILES string of the molecule is Cc1ccsc1C(C)NCCC(=O)O. The van der Waals surface area contributed by atoms with Crippen LogP contribution in [-0.2, 0) is 4.79 Å². The first-order valence-corrected chi connectivity index (χ1v) is 5.48. The van der Waals surface area contributed by atoms with Crippen LogP contribution in [0.2, 0.25) is 0 Å². The molecule has 0 aliphatic heterocycles. The summed E-state index contributed by atoms with van der Waals surface area (Å²) in [5, 5.41) is 13.7. The molecule has 1 unspecified atom stereocenters. The average Bonchev–Trinajstić information content (AvgIpc) is 2.50. The van der Waals surface area contributed by atoms with Crippen molar-refractivity contribution in [2.24, 2.45) is 0 Å². The minimum absolute atomic E-state index is 0.175. The minimum atomic E-state index is -0.757. The Morgan fingerprint density at radius 2 is 2.43 bits per heavy atom. The van der Waals surface area contributed by atoms with E-state index in [0.717, 1.165) is 0 Å². The predicted molar refractivity (Wildman–Crippen MR) is 57.7 cm³/mol. The van der Waals surface area contributed by atoms with Crippen molar-refractivity contribution >= 4 is 17.3 Å². The lowest BCUT2D eigenvalue weighted by Gasteiger charge is -2.12. The van der Waals surface area contributed by atoms with Gasteiger partial charge in [-0.05, 0) is 30.9 Å². The number of carboxylic acid groups (broad SMARTS) is 1. The van der Waals surface area contributed by atoms with Crippen molar-refractivity contribution in [3.63, 3.8) is 0 Å². The van der Waals surface area contributed by atoms with Crippen LogP contribution >= 0.6 is 11.3 Å². The zero-order valence-electron chi connectivity index (χ0n) is 8.41. The molecule has 0 aliphatic rings. The summed E-state index contributed by atoms with van der Waals surface area (Å²) in [5.74, 6) is -0.757. The van der Waals surface area contributed by atoms with E-state index in [1.807, 2.05) is 0 Å². The number of carboxylic acids is 1. The Morgan fingerprint density at radius 1 is 1.71 bits per heavy atom. The number of thiophene rings is 1. The van der Waals surface area contributed by atoms with E-state index in [9.17, 15) is 4.79 Å². The quantitative estimate of drug-likeness (QED) is 0.788. The molecule has 1 aromatic rings. The van der Waals surface area contributed by atoms with Crippen molar-refractivity contribution in [3.8, 4) is 0 Å². The van der Waals surface area contributed by atoms with E-state index in [1.165, 1.54) is 10.4 Å². The van der Waals surface area contributed by atoms with E-state index in [-0.39, 0.29) is 12.5 Å². The van der Waals surface area contributed by atoms with E-state index >= 15 is 0 Å². The lowest BCUT2D eigenvalue weighted by Crippen LogP contribution is -2.21. The summed E-state index contributed by atoms with van der Waals surface area (Å²) in [4.78, 5) is 11.6. The smallest absolute Gasteiger partial charge is 0.304 e. The highest BCUT2D eigenvalue weighted by Crippen LogP contribution is 2.23. The maximum absolute atomic E-state index is 10.3. The summed E-state index contributed by atoms with van der Waals surface area (Å²) >= 11 is 1.71. The molecule has 1 heterocycles. The van der Waals surface area contributed by atoms with Gasteiger partial charge in [-0.1, -0.05) is 0 Å². The Morgan fingerprint density at radius 3 is 2.93 bits per heavy atom. The van der Waals surface area contributed by atoms with Gasteiger partial charge in [-0.2, -0.15) is 0 Å². The van der Waals surface area contributed by atoms with E-state index in [4.69, 9.17) is 5.11 Å². The van der Waals surface area contributed by atoms with E-state index in [0.29, 0.717) is 6.54 Å². The van der Waals surface area contributed by atoms with Gasteiger partial charge < -0.3 is 10.4 Å². The van der Waals surface area contributed by atoms with Crippen LogP contribution in [0.15, 0.2) is 11.4 Å².